The number of ether oxygens (including phenoxy) is 1. The first-order valence-electron chi connectivity index (χ1n) is 8.31. The van der Waals surface area contributed by atoms with Gasteiger partial charge in [-0.3, -0.25) is 9.69 Å². The van der Waals surface area contributed by atoms with E-state index >= 15 is 0 Å². The Morgan fingerprint density at radius 1 is 1.25 bits per heavy atom. The van der Waals surface area contributed by atoms with Crippen molar-refractivity contribution in [3.05, 3.63) is 36.0 Å². The number of hydrogen-bond acceptors (Lipinski definition) is 5. The number of amides is 1. The maximum absolute atomic E-state index is 13.0. The maximum atomic E-state index is 13.0. The van der Waals surface area contributed by atoms with E-state index in [1.807, 2.05) is 35.2 Å². The minimum Gasteiger partial charge on any atom is -0.375 e. The number of likely N-dealkylation sites (N-methyl/N-ethyl adjacent to an activating group) is 1. The highest BCUT2D eigenvalue weighted by Gasteiger charge is 2.38. The predicted octanol–water partition coefficient (Wildman–Crippen LogP) is 1.02. The monoisotopic (exact) mass is 327 g/mol. The number of benzene rings is 1. The topological polar surface area (TPSA) is 74.3 Å². The maximum Gasteiger partial charge on any atom is 0.276 e. The van der Waals surface area contributed by atoms with Gasteiger partial charge in [0.2, 0.25) is 0 Å². The average molecular weight is 327 g/mol. The summed E-state index contributed by atoms with van der Waals surface area (Å²) in [6, 6.07) is 9.92. The van der Waals surface area contributed by atoms with Gasteiger partial charge in [0.1, 0.15) is 5.69 Å². The van der Waals surface area contributed by atoms with Crippen LogP contribution in [-0.2, 0) is 4.74 Å². The Bertz CT molecular complexity index is 717. The third-order valence-corrected chi connectivity index (χ3v) is 4.95. The molecule has 0 saturated carbocycles. The third kappa shape index (κ3) is 2.70. The molecule has 1 amide bonds. The zero-order valence-electron chi connectivity index (χ0n) is 13.7. The first kappa shape index (κ1) is 15.3. The molecule has 1 aromatic heterocycles. The second-order valence-electron chi connectivity index (χ2n) is 6.38. The Hall–Kier alpha value is -2.25. The van der Waals surface area contributed by atoms with Gasteiger partial charge in [0.05, 0.1) is 18.8 Å². The molecule has 2 aliphatic rings. The molecule has 7 nitrogen and oxygen atoms in total. The molecule has 24 heavy (non-hydrogen) atoms. The van der Waals surface area contributed by atoms with E-state index in [9.17, 15) is 4.79 Å². The van der Waals surface area contributed by atoms with Crippen LogP contribution in [-0.4, -0.2) is 76.6 Å². The van der Waals surface area contributed by atoms with Crippen LogP contribution in [0.4, 0.5) is 0 Å². The highest BCUT2D eigenvalue weighted by Crippen LogP contribution is 2.25. The fraction of sp³-hybridized carbons (Fsp3) is 0.471. The Morgan fingerprint density at radius 3 is 2.92 bits per heavy atom. The summed E-state index contributed by atoms with van der Waals surface area (Å²) in [5.74, 6) is -0.0694. The van der Waals surface area contributed by atoms with Crippen molar-refractivity contribution in [3.63, 3.8) is 0 Å². The van der Waals surface area contributed by atoms with Crippen LogP contribution in [0.25, 0.3) is 11.3 Å². The summed E-state index contributed by atoms with van der Waals surface area (Å²) in [6.45, 7) is 3.03. The summed E-state index contributed by atoms with van der Waals surface area (Å²) >= 11 is 0. The molecule has 4 rings (SSSR count). The number of carbonyl (C=O) groups is 1. The highest BCUT2D eigenvalue weighted by molar-refractivity contribution is 5.98. The molecule has 0 radical (unpaired) electrons. The molecule has 1 N–H and O–H groups in total. The summed E-state index contributed by atoms with van der Waals surface area (Å²) in [7, 11) is 2.10. The summed E-state index contributed by atoms with van der Waals surface area (Å²) in [4.78, 5) is 17.1. The third-order valence-electron chi connectivity index (χ3n) is 4.95. The smallest absolute Gasteiger partial charge is 0.276 e. The normalized spacial score (nSPS) is 24.6. The van der Waals surface area contributed by atoms with Gasteiger partial charge in [-0.05, 0) is 13.5 Å². The lowest BCUT2D eigenvalue weighted by molar-refractivity contribution is -0.0894. The van der Waals surface area contributed by atoms with Crippen LogP contribution in [0.15, 0.2) is 30.3 Å². The number of piperidine rings is 1. The van der Waals surface area contributed by atoms with Crippen LogP contribution >= 0.6 is 0 Å². The molecule has 2 fully saturated rings. The average Bonchev–Trinajstić information content (AvgIpc) is 3.12. The zero-order chi connectivity index (χ0) is 16.5. The van der Waals surface area contributed by atoms with Gasteiger partial charge < -0.3 is 9.64 Å². The Morgan fingerprint density at radius 2 is 2.08 bits per heavy atom. The molecule has 2 atom stereocenters. The van der Waals surface area contributed by atoms with E-state index in [4.69, 9.17) is 4.74 Å². The van der Waals surface area contributed by atoms with Gasteiger partial charge in [-0.2, -0.15) is 15.4 Å². The molecule has 0 aliphatic carbocycles. The van der Waals surface area contributed by atoms with Gasteiger partial charge in [-0.15, -0.1) is 0 Å². The number of nitrogens with one attached hydrogen (secondary N) is 1. The summed E-state index contributed by atoms with van der Waals surface area (Å²) < 4.78 is 5.85. The molecular weight excluding hydrogens is 306 g/mol. The number of aromatic amines is 1. The molecule has 7 heteroatoms. The molecule has 2 saturated heterocycles. The van der Waals surface area contributed by atoms with Crippen LogP contribution in [0.5, 0.6) is 0 Å². The molecular formula is C17H21N5O2. The number of rotatable bonds is 2. The van der Waals surface area contributed by atoms with Crippen LogP contribution in [0.1, 0.15) is 16.9 Å². The van der Waals surface area contributed by atoms with Crippen molar-refractivity contribution >= 4 is 5.91 Å². The van der Waals surface area contributed by atoms with E-state index in [2.05, 4.69) is 27.4 Å². The van der Waals surface area contributed by atoms with Crippen molar-refractivity contribution < 1.29 is 9.53 Å². The van der Waals surface area contributed by atoms with E-state index in [-0.39, 0.29) is 18.1 Å². The minimum absolute atomic E-state index is 0.0694. The highest BCUT2D eigenvalue weighted by atomic mass is 16.5. The Balaban J connectivity index is 1.56. The van der Waals surface area contributed by atoms with E-state index in [0.717, 1.165) is 25.1 Å². The lowest BCUT2D eigenvalue weighted by Crippen LogP contribution is -2.59. The summed E-state index contributed by atoms with van der Waals surface area (Å²) in [5, 5.41) is 10.9. The number of fused-ring (bicyclic) bond motifs is 1. The van der Waals surface area contributed by atoms with E-state index in [0.29, 0.717) is 24.5 Å². The number of carbonyl (C=O) groups excluding carboxylic acids is 1. The van der Waals surface area contributed by atoms with Gasteiger partial charge in [0, 0.05) is 25.2 Å². The fourth-order valence-electron chi connectivity index (χ4n) is 3.55. The van der Waals surface area contributed by atoms with Crippen molar-refractivity contribution in [3.8, 4) is 11.3 Å². The van der Waals surface area contributed by atoms with Gasteiger partial charge in [0.15, 0.2) is 5.69 Å². The van der Waals surface area contributed by atoms with Crippen LogP contribution in [0.2, 0.25) is 0 Å². The van der Waals surface area contributed by atoms with Gasteiger partial charge >= 0.3 is 0 Å². The van der Waals surface area contributed by atoms with E-state index in [1.54, 1.807) is 0 Å². The second-order valence-corrected chi connectivity index (χ2v) is 6.38. The number of aromatic nitrogens is 3. The molecule has 2 aromatic rings. The van der Waals surface area contributed by atoms with Crippen LogP contribution < -0.4 is 0 Å². The number of hydrogen-bond donors (Lipinski definition) is 1. The number of likely N-dealkylation sites (tertiary alicyclic amines) is 1. The fourth-order valence-corrected chi connectivity index (χ4v) is 3.55. The summed E-state index contributed by atoms with van der Waals surface area (Å²) in [5.41, 5.74) is 1.89. The first-order chi connectivity index (χ1) is 11.7. The lowest BCUT2D eigenvalue weighted by Gasteiger charge is -2.45. The zero-order valence-corrected chi connectivity index (χ0v) is 13.7. The molecule has 126 valence electrons. The van der Waals surface area contributed by atoms with Crippen LogP contribution in [0, 0.1) is 0 Å². The minimum atomic E-state index is -0.0694. The van der Waals surface area contributed by atoms with Gasteiger partial charge in [-0.1, -0.05) is 30.3 Å². The lowest BCUT2D eigenvalue weighted by atomic mass is 9.98. The van der Waals surface area contributed by atoms with Crippen LogP contribution in [0.3, 0.4) is 0 Å². The second kappa shape index (κ2) is 6.33. The number of morpholine rings is 1. The Kier molecular flexibility index (Phi) is 4.03. The standard InChI is InChI=1S/C17H21N5O2/c1-21-9-10-24-14-7-8-22(11-13(14)21)17(23)16-15(18-20-19-16)12-5-3-2-4-6-12/h2-6,13-14H,7-11H2,1H3,(H,18,19,20). The largest absolute Gasteiger partial charge is 0.375 e. The van der Waals surface area contributed by atoms with Crippen molar-refractivity contribution in [2.75, 3.05) is 33.3 Å². The molecule has 0 spiro atoms. The summed E-state index contributed by atoms with van der Waals surface area (Å²) in [6.07, 6.45) is 1.08. The SMILES string of the molecule is CN1CCOC2CCN(C(=O)c3n[nH]nc3-c3ccccc3)CC21. The van der Waals surface area contributed by atoms with E-state index < -0.39 is 0 Å². The molecule has 0 bridgehead atoms. The number of nitrogens with zero attached hydrogens (tertiary/aromatic N) is 4. The van der Waals surface area contributed by atoms with Crippen molar-refractivity contribution in [1.29, 1.82) is 0 Å². The number of H-pyrrole nitrogens is 1. The quantitative estimate of drug-likeness (QED) is 0.891. The van der Waals surface area contributed by atoms with E-state index in [1.165, 1.54) is 0 Å². The molecule has 3 heterocycles. The molecule has 2 aliphatic heterocycles. The molecule has 1 aromatic carbocycles. The van der Waals surface area contributed by atoms with Crippen molar-refractivity contribution in [1.82, 2.24) is 25.2 Å². The van der Waals surface area contributed by atoms with Gasteiger partial charge in [-0.25, -0.2) is 0 Å². The van der Waals surface area contributed by atoms with Crippen molar-refractivity contribution in [2.45, 2.75) is 18.6 Å². The van der Waals surface area contributed by atoms with Crippen molar-refractivity contribution in [2.24, 2.45) is 0 Å². The molecule has 2 unspecified atom stereocenters. The predicted molar refractivity (Wildman–Crippen MR) is 88.5 cm³/mol. The van der Waals surface area contributed by atoms with Gasteiger partial charge in [0.25, 0.3) is 5.91 Å². The first-order valence-corrected chi connectivity index (χ1v) is 8.31. The Labute approximate surface area is 140 Å².